The van der Waals surface area contributed by atoms with Gasteiger partial charge in [-0.2, -0.15) is 0 Å². The number of nitrogens with zero attached hydrogens (tertiary/aromatic N) is 8. The van der Waals surface area contributed by atoms with E-state index in [0.717, 1.165) is 41.3 Å². The van der Waals surface area contributed by atoms with Crippen LogP contribution >= 0.6 is 47.1 Å². The number of azo groups is 2. The van der Waals surface area contributed by atoms with Crippen LogP contribution in [-0.2, 0) is 27.0 Å². The molecule has 0 saturated heterocycles. The van der Waals surface area contributed by atoms with Crippen molar-refractivity contribution in [2.75, 3.05) is 0 Å². The summed E-state index contributed by atoms with van der Waals surface area (Å²) in [6, 6.07) is 6.92. The zero-order valence-corrected chi connectivity index (χ0v) is 27.0. The van der Waals surface area contributed by atoms with E-state index in [0.29, 0.717) is 26.0 Å². The van der Waals surface area contributed by atoms with Crippen LogP contribution < -0.4 is 11.5 Å². The maximum absolute atomic E-state index is 11.8. The van der Waals surface area contributed by atoms with Gasteiger partial charge < -0.3 is 0 Å². The second kappa shape index (κ2) is 12.5. The molecule has 2 aromatic carbocycles. The topological polar surface area (TPSA) is 194 Å². The summed E-state index contributed by atoms with van der Waals surface area (Å²) in [5.74, 6) is -0.349. The van der Waals surface area contributed by atoms with E-state index < -0.39 is 23.8 Å². The van der Waals surface area contributed by atoms with E-state index in [1.165, 1.54) is 28.0 Å². The zero-order valence-electron chi connectivity index (χ0n) is 22.7. The number of rotatable bonds is 8. The first-order chi connectivity index (χ1) is 20.9. The molecule has 5 rings (SSSR count). The van der Waals surface area contributed by atoms with Crippen LogP contribution in [0.4, 0.5) is 32.8 Å². The Balaban J connectivity index is 1.63. The minimum absolute atomic E-state index is 0.0232. The van der Waals surface area contributed by atoms with Crippen molar-refractivity contribution in [3.05, 3.63) is 70.2 Å². The van der Waals surface area contributed by atoms with Gasteiger partial charge in [0.1, 0.15) is 0 Å². The second-order valence-electron chi connectivity index (χ2n) is 8.50. The van der Waals surface area contributed by atoms with Crippen LogP contribution in [0.5, 0.6) is 17.4 Å². The van der Waals surface area contributed by atoms with E-state index in [1.807, 2.05) is 18.4 Å². The summed E-state index contributed by atoms with van der Waals surface area (Å²) in [4.78, 5) is 21.7. The average molecular weight is 724 g/mol. The predicted octanol–water partition coefficient (Wildman–Crippen LogP) is 8.52. The third-order valence-corrected chi connectivity index (χ3v) is 10.1. The third kappa shape index (κ3) is 6.28. The summed E-state index contributed by atoms with van der Waals surface area (Å²) >= 11 is 8.51. The molecular formula is C23H20CoN8O8S4. The van der Waals surface area contributed by atoms with Gasteiger partial charge in [0.05, 0.1) is 0 Å². The van der Waals surface area contributed by atoms with Gasteiger partial charge in [-0.15, -0.1) is 0 Å². The number of aromatic nitrogens is 2. The van der Waals surface area contributed by atoms with Gasteiger partial charge >= 0.3 is 270 Å². The van der Waals surface area contributed by atoms with Gasteiger partial charge in [-0.05, 0) is 0 Å². The van der Waals surface area contributed by atoms with Crippen LogP contribution in [0.15, 0.2) is 56.9 Å². The van der Waals surface area contributed by atoms with Gasteiger partial charge in [0.25, 0.3) is 0 Å². The molecule has 16 nitrogen and oxygen atoms in total. The molecule has 1 unspecified atom stereocenters. The summed E-state index contributed by atoms with van der Waals surface area (Å²) in [5.41, 5.74) is -0.0997. The molecule has 0 spiro atoms. The molecule has 2 aromatic heterocycles. The van der Waals surface area contributed by atoms with Crippen LogP contribution in [0.3, 0.4) is 0 Å². The number of non-ortho nitro benzene ring substituents is 2. The van der Waals surface area contributed by atoms with Crippen molar-refractivity contribution in [2.24, 2.45) is 20.5 Å². The van der Waals surface area contributed by atoms with Crippen molar-refractivity contribution >= 4 is 79.9 Å². The quantitative estimate of drug-likeness (QED) is 0.0797. The van der Waals surface area contributed by atoms with E-state index in [-0.39, 0.29) is 45.1 Å². The minimum atomic E-state index is -4.51. The van der Waals surface area contributed by atoms with Gasteiger partial charge in [0.15, 0.2) is 0 Å². The Morgan fingerprint density at radius 3 is 2.30 bits per heavy atom. The Bertz CT molecular complexity index is 1990. The van der Waals surface area contributed by atoms with Crippen LogP contribution in [0.1, 0.15) is 19.5 Å². The van der Waals surface area contributed by atoms with Gasteiger partial charge in [-0.3, -0.25) is 0 Å². The van der Waals surface area contributed by atoms with Crippen molar-refractivity contribution < 1.29 is 39.5 Å². The Morgan fingerprint density at radius 1 is 0.977 bits per heavy atom. The standard InChI is InChI=1S/C12H12N4O3S2.C11H10N4O4S2.Co.H2O/c1-3-15-7(2)11(21-12(15)20)14-13-9-6-8(16(18)19)4-5-10(9)17;1-2-14-10(17)9(21-11(14)20)13-12-7-5-6(15(18)19)3-4-8(7)16;;/h4-6,17H,3H2,1-2H3;3-5,16-17H,2H2,1H3;;1H2/q;;+4;/p-4. The van der Waals surface area contributed by atoms with Gasteiger partial charge in [-0.1, -0.05) is 0 Å². The molecule has 0 radical (unpaired) electrons. The van der Waals surface area contributed by atoms with Crippen LogP contribution in [0, 0.1) is 35.1 Å². The Kier molecular flexibility index (Phi) is 8.96. The number of thiazole rings is 2. The van der Waals surface area contributed by atoms with Crippen molar-refractivity contribution in [1.82, 2.24) is 9.13 Å². The number of nitro groups is 2. The molecule has 0 saturated carbocycles. The monoisotopic (exact) mass is 723 g/mol. The molecule has 0 amide bonds. The van der Waals surface area contributed by atoms with Gasteiger partial charge in [-0.25, -0.2) is 0 Å². The summed E-state index contributed by atoms with van der Waals surface area (Å²) in [5, 5.41) is 40.3. The fraction of sp³-hybridized carbons (Fsp3) is 0.217. The number of hydrogen-bond acceptors (Lipinski definition) is 16. The zero-order chi connectivity index (χ0) is 31.8. The van der Waals surface area contributed by atoms with E-state index in [2.05, 4.69) is 20.5 Å². The Hall–Kier alpha value is -3.99. The molecule has 3 heterocycles. The van der Waals surface area contributed by atoms with Gasteiger partial charge in [0, 0.05) is 0 Å². The molecule has 21 heteroatoms. The second-order valence-corrected chi connectivity index (χ2v) is 13.5. The molecule has 1 atom stereocenters. The molecule has 0 fully saturated rings. The van der Waals surface area contributed by atoms with E-state index in [1.54, 1.807) is 6.92 Å². The number of benzene rings is 2. The molecule has 0 bridgehead atoms. The Morgan fingerprint density at radius 2 is 1.64 bits per heavy atom. The molecule has 4 aromatic rings. The number of nitro benzene ring substituents is 2. The van der Waals surface area contributed by atoms with Gasteiger partial charge in [0.2, 0.25) is 0 Å². The molecule has 1 aliphatic rings. The van der Waals surface area contributed by atoms with Crippen LogP contribution in [0.25, 0.3) is 0 Å². The van der Waals surface area contributed by atoms with Crippen molar-refractivity contribution in [3.8, 4) is 17.4 Å². The summed E-state index contributed by atoms with van der Waals surface area (Å²) in [7, 11) is 0. The normalized spacial score (nSPS) is 17.3. The number of fused-ring (bicyclic) bond motifs is 2. The summed E-state index contributed by atoms with van der Waals surface area (Å²) < 4.78 is 33.8. The third-order valence-electron chi connectivity index (χ3n) is 5.86. The number of hydrogen-bond donors (Lipinski definition) is 1. The van der Waals surface area contributed by atoms with E-state index in [4.69, 9.17) is 36.0 Å². The van der Waals surface area contributed by atoms with Crippen LogP contribution in [-0.4, -0.2) is 23.2 Å². The van der Waals surface area contributed by atoms with Crippen LogP contribution in [0.2, 0.25) is 0 Å². The summed E-state index contributed by atoms with van der Waals surface area (Å²) in [6.07, 6.45) is 0. The van der Waals surface area contributed by atoms with Crippen molar-refractivity contribution in [2.45, 2.75) is 33.9 Å². The average Bonchev–Trinajstić information content (AvgIpc) is 3.44. The van der Waals surface area contributed by atoms with E-state index >= 15 is 0 Å². The molecule has 1 N–H and O–H groups in total. The summed E-state index contributed by atoms with van der Waals surface area (Å²) in [6.45, 7) is 6.46. The molecule has 44 heavy (non-hydrogen) atoms. The van der Waals surface area contributed by atoms with Crippen molar-refractivity contribution in [3.63, 3.8) is 0 Å². The Labute approximate surface area is 269 Å². The predicted molar refractivity (Wildman–Crippen MR) is 161 cm³/mol. The fourth-order valence-electron chi connectivity index (χ4n) is 3.72. The first-order valence-electron chi connectivity index (χ1n) is 12.3. The first kappa shape index (κ1) is 31.4. The fourth-order valence-corrected chi connectivity index (χ4v) is 7.96. The van der Waals surface area contributed by atoms with Crippen molar-refractivity contribution in [1.29, 1.82) is 0 Å². The molecular weight excluding hydrogens is 704 g/mol. The molecule has 233 valence electrons. The van der Waals surface area contributed by atoms with E-state index in [9.17, 15) is 24.4 Å². The SMILES string of the molecule is CCn1c(C)c(N=Nc2cc([N+](=O)[O-])ccc2[O][Co]2([OH])[O]c3ccc([N+](=O)[O-])cc3N=Nc3sc(=S)n(CC)c3[O]2)sc1=S. The first-order valence-corrected chi connectivity index (χ1v) is 16.5. The maximum atomic E-state index is 11.8. The molecule has 0 aliphatic carbocycles. The molecule has 1 aliphatic heterocycles.